The summed E-state index contributed by atoms with van der Waals surface area (Å²) in [6.45, 7) is 2.41. The van der Waals surface area contributed by atoms with Crippen LogP contribution in [0.1, 0.15) is 30.0 Å². The number of anilines is 1. The van der Waals surface area contributed by atoms with Crippen molar-refractivity contribution in [2.24, 2.45) is 0 Å². The third-order valence-corrected chi connectivity index (χ3v) is 5.09. The topological polar surface area (TPSA) is 70.2 Å². The molecular formula is C19H23N5O. The number of carbonyl (C=O) groups excluding carboxylic acids is 1. The molecule has 2 aliphatic heterocycles. The van der Waals surface area contributed by atoms with E-state index < -0.39 is 0 Å². The summed E-state index contributed by atoms with van der Waals surface area (Å²) in [5.74, 6) is 1.00. The summed E-state index contributed by atoms with van der Waals surface area (Å²) in [7, 11) is 0. The minimum atomic E-state index is -0.200. The van der Waals surface area contributed by atoms with E-state index in [1.54, 1.807) is 6.20 Å². The molecule has 0 radical (unpaired) electrons. The van der Waals surface area contributed by atoms with Crippen molar-refractivity contribution >= 4 is 11.7 Å². The van der Waals surface area contributed by atoms with E-state index in [1.807, 2.05) is 23.1 Å². The second kappa shape index (κ2) is 7.19. The van der Waals surface area contributed by atoms with E-state index in [1.165, 1.54) is 5.56 Å². The molecular weight excluding hydrogens is 314 g/mol. The summed E-state index contributed by atoms with van der Waals surface area (Å²) >= 11 is 0. The summed E-state index contributed by atoms with van der Waals surface area (Å²) in [6, 6.07) is 12.2. The van der Waals surface area contributed by atoms with Crippen molar-refractivity contribution in [3.63, 3.8) is 0 Å². The number of nitrogens with one attached hydrogen (secondary N) is 2. The van der Waals surface area contributed by atoms with Crippen LogP contribution in [-0.2, 0) is 11.2 Å². The quantitative estimate of drug-likeness (QED) is 0.893. The number of rotatable bonds is 3. The van der Waals surface area contributed by atoms with E-state index >= 15 is 0 Å². The van der Waals surface area contributed by atoms with Gasteiger partial charge in [-0.1, -0.05) is 24.3 Å². The summed E-state index contributed by atoms with van der Waals surface area (Å²) in [5.41, 5.74) is 2.43. The van der Waals surface area contributed by atoms with Gasteiger partial charge in [0.2, 0.25) is 5.91 Å². The van der Waals surface area contributed by atoms with E-state index in [-0.39, 0.29) is 11.9 Å². The SMILES string of the molecule is O=C(C1NCCc2ccccc21)N1CCC(Nc2cccnn2)CC1. The molecule has 2 N–H and O–H groups in total. The summed E-state index contributed by atoms with van der Waals surface area (Å²) < 4.78 is 0. The number of piperidine rings is 1. The zero-order chi connectivity index (χ0) is 17.1. The number of hydrogen-bond acceptors (Lipinski definition) is 5. The molecule has 0 spiro atoms. The van der Waals surface area contributed by atoms with Gasteiger partial charge in [-0.3, -0.25) is 4.79 Å². The fraction of sp³-hybridized carbons (Fsp3) is 0.421. The molecule has 6 nitrogen and oxygen atoms in total. The first kappa shape index (κ1) is 16.0. The van der Waals surface area contributed by atoms with Crippen LogP contribution in [0.2, 0.25) is 0 Å². The van der Waals surface area contributed by atoms with Crippen molar-refractivity contribution in [3.05, 3.63) is 53.7 Å². The lowest BCUT2D eigenvalue weighted by atomic mass is 9.93. The summed E-state index contributed by atoms with van der Waals surface area (Å²) in [5, 5.41) is 14.8. The van der Waals surface area contributed by atoms with Gasteiger partial charge in [0.1, 0.15) is 11.9 Å². The van der Waals surface area contributed by atoms with Crippen LogP contribution in [0.4, 0.5) is 5.82 Å². The molecule has 1 unspecified atom stereocenters. The van der Waals surface area contributed by atoms with Gasteiger partial charge < -0.3 is 15.5 Å². The average Bonchev–Trinajstić information content (AvgIpc) is 2.68. The van der Waals surface area contributed by atoms with Gasteiger partial charge in [0.25, 0.3) is 0 Å². The second-order valence-corrected chi connectivity index (χ2v) is 6.69. The highest BCUT2D eigenvalue weighted by molar-refractivity contribution is 5.84. The third kappa shape index (κ3) is 3.49. The minimum absolute atomic E-state index is 0.199. The highest BCUT2D eigenvalue weighted by atomic mass is 16.2. The van der Waals surface area contributed by atoms with Crippen molar-refractivity contribution in [2.45, 2.75) is 31.3 Å². The number of hydrogen-bond donors (Lipinski definition) is 2. The molecule has 2 aromatic rings. The molecule has 1 saturated heterocycles. The molecule has 1 aromatic carbocycles. The number of fused-ring (bicyclic) bond motifs is 1. The monoisotopic (exact) mass is 337 g/mol. The van der Waals surface area contributed by atoms with Crippen LogP contribution in [0.3, 0.4) is 0 Å². The van der Waals surface area contributed by atoms with E-state index in [9.17, 15) is 4.79 Å². The molecule has 6 heteroatoms. The maximum absolute atomic E-state index is 13.0. The van der Waals surface area contributed by atoms with E-state index in [0.717, 1.165) is 50.3 Å². The van der Waals surface area contributed by atoms with Crippen LogP contribution >= 0.6 is 0 Å². The molecule has 0 bridgehead atoms. The Morgan fingerprint density at radius 3 is 2.80 bits per heavy atom. The largest absolute Gasteiger partial charge is 0.366 e. The van der Waals surface area contributed by atoms with Crippen molar-refractivity contribution in [2.75, 3.05) is 25.0 Å². The highest BCUT2D eigenvalue weighted by Gasteiger charge is 2.31. The number of nitrogens with zero attached hydrogens (tertiary/aromatic N) is 3. The lowest BCUT2D eigenvalue weighted by Crippen LogP contribution is -2.48. The summed E-state index contributed by atoms with van der Waals surface area (Å²) in [6.07, 6.45) is 4.51. The van der Waals surface area contributed by atoms with E-state index in [4.69, 9.17) is 0 Å². The smallest absolute Gasteiger partial charge is 0.244 e. The van der Waals surface area contributed by atoms with Gasteiger partial charge in [0.05, 0.1) is 0 Å². The molecule has 3 heterocycles. The molecule has 0 saturated carbocycles. The standard InChI is InChI=1S/C19H23N5O/c25-19(18-16-5-2-1-4-14(16)7-11-20-18)24-12-8-15(9-13-24)22-17-6-3-10-21-23-17/h1-6,10,15,18,20H,7-9,11-13H2,(H,22,23). The van der Waals surface area contributed by atoms with Crippen molar-refractivity contribution < 1.29 is 4.79 Å². The van der Waals surface area contributed by atoms with E-state index in [2.05, 4.69) is 39.0 Å². The Hall–Kier alpha value is -2.47. The summed E-state index contributed by atoms with van der Waals surface area (Å²) in [4.78, 5) is 15.0. The minimum Gasteiger partial charge on any atom is -0.366 e. The van der Waals surface area contributed by atoms with Gasteiger partial charge in [-0.2, -0.15) is 5.10 Å². The van der Waals surface area contributed by atoms with Gasteiger partial charge in [-0.05, 0) is 42.5 Å². The number of carbonyl (C=O) groups is 1. The maximum atomic E-state index is 13.0. The third-order valence-electron chi connectivity index (χ3n) is 5.09. The van der Waals surface area contributed by atoms with E-state index in [0.29, 0.717) is 6.04 Å². The molecule has 1 aromatic heterocycles. The van der Waals surface area contributed by atoms with Crippen LogP contribution in [-0.4, -0.2) is 46.7 Å². The van der Waals surface area contributed by atoms with Crippen LogP contribution in [0.5, 0.6) is 0 Å². The Morgan fingerprint density at radius 2 is 2.00 bits per heavy atom. The first-order valence-electron chi connectivity index (χ1n) is 8.95. The Morgan fingerprint density at radius 1 is 1.16 bits per heavy atom. The first-order chi connectivity index (χ1) is 12.3. The van der Waals surface area contributed by atoms with Gasteiger partial charge in [-0.15, -0.1) is 5.10 Å². The van der Waals surface area contributed by atoms with Crippen molar-refractivity contribution in [1.82, 2.24) is 20.4 Å². The van der Waals surface area contributed by atoms with Crippen molar-refractivity contribution in [3.8, 4) is 0 Å². The van der Waals surface area contributed by atoms with Crippen LogP contribution in [0, 0.1) is 0 Å². The number of benzene rings is 1. The molecule has 130 valence electrons. The Kier molecular flexibility index (Phi) is 4.61. The Balaban J connectivity index is 1.37. The zero-order valence-electron chi connectivity index (χ0n) is 14.2. The second-order valence-electron chi connectivity index (χ2n) is 6.69. The first-order valence-corrected chi connectivity index (χ1v) is 8.95. The van der Waals surface area contributed by atoms with Crippen LogP contribution < -0.4 is 10.6 Å². The molecule has 0 aliphatic carbocycles. The maximum Gasteiger partial charge on any atom is 0.244 e. The van der Waals surface area contributed by atoms with Gasteiger partial charge in [-0.25, -0.2) is 0 Å². The predicted molar refractivity (Wildman–Crippen MR) is 96.1 cm³/mol. The number of amides is 1. The molecule has 1 amide bonds. The van der Waals surface area contributed by atoms with Gasteiger partial charge in [0, 0.05) is 31.9 Å². The molecule has 2 aliphatic rings. The average molecular weight is 337 g/mol. The molecule has 4 rings (SSSR count). The number of aromatic nitrogens is 2. The lowest BCUT2D eigenvalue weighted by Gasteiger charge is -2.36. The fourth-order valence-corrected chi connectivity index (χ4v) is 3.74. The lowest BCUT2D eigenvalue weighted by molar-refractivity contribution is -0.134. The molecule has 1 fully saturated rings. The van der Waals surface area contributed by atoms with Gasteiger partial charge >= 0.3 is 0 Å². The zero-order valence-corrected chi connectivity index (χ0v) is 14.2. The van der Waals surface area contributed by atoms with Crippen LogP contribution in [0.25, 0.3) is 0 Å². The number of likely N-dealkylation sites (tertiary alicyclic amines) is 1. The Labute approximate surface area is 147 Å². The predicted octanol–water partition coefficient (Wildman–Crippen LogP) is 1.77. The van der Waals surface area contributed by atoms with Gasteiger partial charge in [0.15, 0.2) is 0 Å². The Bertz CT molecular complexity index is 728. The van der Waals surface area contributed by atoms with Crippen molar-refractivity contribution in [1.29, 1.82) is 0 Å². The molecule has 1 atom stereocenters. The van der Waals surface area contributed by atoms with Crippen LogP contribution in [0.15, 0.2) is 42.6 Å². The molecule has 25 heavy (non-hydrogen) atoms. The highest BCUT2D eigenvalue weighted by Crippen LogP contribution is 2.26. The fourth-order valence-electron chi connectivity index (χ4n) is 3.74. The normalized spacial score (nSPS) is 20.8.